The van der Waals surface area contributed by atoms with Gasteiger partial charge in [-0.05, 0) is 32.4 Å². The molecule has 1 aliphatic heterocycles. The highest BCUT2D eigenvalue weighted by Crippen LogP contribution is 2.32. The Morgan fingerprint density at radius 2 is 2.10 bits per heavy atom. The topological polar surface area (TPSA) is 44.3 Å². The van der Waals surface area contributed by atoms with E-state index in [1.54, 1.807) is 6.33 Å². The maximum atomic E-state index is 4.65. The van der Waals surface area contributed by atoms with Crippen molar-refractivity contribution < 1.29 is 0 Å². The van der Waals surface area contributed by atoms with Crippen LogP contribution in [0.5, 0.6) is 0 Å². The summed E-state index contributed by atoms with van der Waals surface area (Å²) in [6, 6.07) is 0.523. The molecule has 21 heavy (non-hydrogen) atoms. The summed E-state index contributed by atoms with van der Waals surface area (Å²) in [5.74, 6) is 2.48. The van der Waals surface area contributed by atoms with Crippen molar-refractivity contribution in [1.82, 2.24) is 14.9 Å². The fraction of sp³-hybridized carbons (Fsp3) is 0.750. The quantitative estimate of drug-likeness (QED) is 0.923. The van der Waals surface area contributed by atoms with E-state index in [0.717, 1.165) is 37.7 Å². The number of likely N-dealkylation sites (N-methyl/N-ethyl adjacent to an activating group) is 1. The zero-order valence-corrected chi connectivity index (χ0v) is 14.1. The molecule has 1 N–H and O–H groups in total. The van der Waals surface area contributed by atoms with Crippen molar-refractivity contribution in [2.24, 2.45) is 0 Å². The summed E-state index contributed by atoms with van der Waals surface area (Å²) in [7, 11) is 4.15. The Bertz CT molecular complexity index is 460. The fourth-order valence-corrected chi connectivity index (χ4v) is 3.22. The van der Waals surface area contributed by atoms with Gasteiger partial charge in [0.15, 0.2) is 0 Å². The zero-order chi connectivity index (χ0) is 15.4. The molecule has 1 atom stereocenters. The number of nitrogens with zero attached hydrogens (tertiary/aromatic N) is 4. The highest BCUT2D eigenvalue weighted by molar-refractivity contribution is 5.60. The van der Waals surface area contributed by atoms with Crippen LogP contribution in [0.2, 0.25) is 0 Å². The van der Waals surface area contributed by atoms with E-state index in [-0.39, 0.29) is 0 Å². The standard InChI is InChI=1S/C16H29N5/c1-6-13-10-20(5)8-7-9-21(13)16-14(12(2)3)15(17-4)18-11-19-16/h11-13H,6-10H2,1-5H3,(H,17,18,19). The van der Waals surface area contributed by atoms with Crippen molar-refractivity contribution in [3.8, 4) is 0 Å². The lowest BCUT2D eigenvalue weighted by Gasteiger charge is -2.33. The van der Waals surface area contributed by atoms with Crippen LogP contribution in [0.25, 0.3) is 0 Å². The van der Waals surface area contributed by atoms with Gasteiger partial charge < -0.3 is 15.1 Å². The minimum absolute atomic E-state index is 0.405. The van der Waals surface area contributed by atoms with E-state index in [4.69, 9.17) is 0 Å². The lowest BCUT2D eigenvalue weighted by molar-refractivity contribution is 0.327. The van der Waals surface area contributed by atoms with Crippen LogP contribution in [0.3, 0.4) is 0 Å². The van der Waals surface area contributed by atoms with Crippen LogP contribution < -0.4 is 10.2 Å². The van der Waals surface area contributed by atoms with Gasteiger partial charge in [0.05, 0.1) is 0 Å². The highest BCUT2D eigenvalue weighted by Gasteiger charge is 2.27. The third kappa shape index (κ3) is 3.46. The van der Waals surface area contributed by atoms with Gasteiger partial charge in [-0.1, -0.05) is 20.8 Å². The van der Waals surface area contributed by atoms with E-state index in [1.807, 2.05) is 7.05 Å². The predicted octanol–water partition coefficient (Wildman–Crippen LogP) is 2.56. The van der Waals surface area contributed by atoms with Crippen LogP contribution in [0.4, 0.5) is 11.6 Å². The third-order valence-corrected chi connectivity index (χ3v) is 4.32. The van der Waals surface area contributed by atoms with Gasteiger partial charge in [-0.2, -0.15) is 0 Å². The summed E-state index contributed by atoms with van der Waals surface area (Å²) < 4.78 is 0. The number of rotatable bonds is 4. The Balaban J connectivity index is 2.43. The number of anilines is 2. The predicted molar refractivity (Wildman–Crippen MR) is 89.2 cm³/mol. The summed E-state index contributed by atoms with van der Waals surface area (Å²) in [5, 5.41) is 3.23. The zero-order valence-electron chi connectivity index (χ0n) is 14.1. The summed E-state index contributed by atoms with van der Waals surface area (Å²) in [6.07, 6.45) is 4.01. The van der Waals surface area contributed by atoms with Crippen molar-refractivity contribution in [3.05, 3.63) is 11.9 Å². The minimum Gasteiger partial charge on any atom is -0.373 e. The molecule has 1 saturated heterocycles. The maximum Gasteiger partial charge on any atom is 0.137 e. The second-order valence-electron chi connectivity index (χ2n) is 6.24. The molecule has 1 aromatic rings. The molecule has 118 valence electrons. The van der Waals surface area contributed by atoms with E-state index in [2.05, 4.69) is 52.9 Å². The second-order valence-corrected chi connectivity index (χ2v) is 6.24. The number of nitrogens with one attached hydrogen (secondary N) is 1. The molecule has 0 aromatic carbocycles. The third-order valence-electron chi connectivity index (χ3n) is 4.32. The van der Waals surface area contributed by atoms with Gasteiger partial charge in [-0.15, -0.1) is 0 Å². The molecule has 2 heterocycles. The van der Waals surface area contributed by atoms with Gasteiger partial charge >= 0.3 is 0 Å². The van der Waals surface area contributed by atoms with Gasteiger partial charge in [-0.3, -0.25) is 0 Å². The van der Waals surface area contributed by atoms with Crippen LogP contribution in [-0.2, 0) is 0 Å². The van der Waals surface area contributed by atoms with Crippen LogP contribution in [0.1, 0.15) is 45.1 Å². The molecular weight excluding hydrogens is 262 g/mol. The number of hydrogen-bond acceptors (Lipinski definition) is 5. The Morgan fingerprint density at radius 1 is 1.33 bits per heavy atom. The van der Waals surface area contributed by atoms with Crippen LogP contribution in [0, 0.1) is 0 Å². The van der Waals surface area contributed by atoms with Crippen LogP contribution in [0.15, 0.2) is 6.33 Å². The fourth-order valence-electron chi connectivity index (χ4n) is 3.22. The Morgan fingerprint density at radius 3 is 2.71 bits per heavy atom. The monoisotopic (exact) mass is 291 g/mol. The lowest BCUT2D eigenvalue weighted by atomic mass is 10.0. The molecule has 0 amide bonds. The highest BCUT2D eigenvalue weighted by atomic mass is 15.3. The van der Waals surface area contributed by atoms with Gasteiger partial charge in [0, 0.05) is 31.7 Å². The first kappa shape index (κ1) is 16.0. The lowest BCUT2D eigenvalue weighted by Crippen LogP contribution is -2.41. The van der Waals surface area contributed by atoms with Gasteiger partial charge in [-0.25, -0.2) is 9.97 Å². The molecule has 0 aliphatic carbocycles. The molecule has 2 rings (SSSR count). The van der Waals surface area contributed by atoms with Crippen molar-refractivity contribution in [3.63, 3.8) is 0 Å². The minimum atomic E-state index is 0.405. The molecule has 1 aliphatic rings. The van der Waals surface area contributed by atoms with Crippen molar-refractivity contribution in [1.29, 1.82) is 0 Å². The van der Waals surface area contributed by atoms with Crippen molar-refractivity contribution in [2.45, 2.75) is 45.6 Å². The molecule has 0 bridgehead atoms. The first-order valence-electron chi connectivity index (χ1n) is 8.06. The molecule has 0 radical (unpaired) electrons. The summed E-state index contributed by atoms with van der Waals surface area (Å²) in [4.78, 5) is 14.0. The summed E-state index contributed by atoms with van der Waals surface area (Å²) >= 11 is 0. The van der Waals surface area contributed by atoms with E-state index in [1.165, 1.54) is 12.0 Å². The molecule has 1 fully saturated rings. The molecule has 0 spiro atoms. The van der Waals surface area contributed by atoms with Gasteiger partial charge in [0.2, 0.25) is 0 Å². The normalized spacial score (nSPS) is 20.7. The average Bonchev–Trinajstić information content (AvgIpc) is 2.67. The SMILES string of the molecule is CCC1CN(C)CCCN1c1ncnc(NC)c1C(C)C. The number of aromatic nitrogens is 2. The molecule has 5 nitrogen and oxygen atoms in total. The smallest absolute Gasteiger partial charge is 0.137 e. The van der Waals surface area contributed by atoms with E-state index < -0.39 is 0 Å². The van der Waals surface area contributed by atoms with E-state index in [0.29, 0.717) is 12.0 Å². The molecular formula is C16H29N5. The van der Waals surface area contributed by atoms with E-state index in [9.17, 15) is 0 Å². The second kappa shape index (κ2) is 7.07. The Labute approximate surface area is 128 Å². The van der Waals surface area contributed by atoms with Crippen LogP contribution >= 0.6 is 0 Å². The average molecular weight is 291 g/mol. The number of hydrogen-bond donors (Lipinski definition) is 1. The summed E-state index contributed by atoms with van der Waals surface area (Å²) in [6.45, 7) is 10.0. The Hall–Kier alpha value is -1.36. The molecule has 5 heteroatoms. The van der Waals surface area contributed by atoms with E-state index >= 15 is 0 Å². The molecule has 0 saturated carbocycles. The van der Waals surface area contributed by atoms with Crippen molar-refractivity contribution in [2.75, 3.05) is 43.9 Å². The van der Waals surface area contributed by atoms with Gasteiger partial charge in [0.1, 0.15) is 18.0 Å². The van der Waals surface area contributed by atoms with Gasteiger partial charge in [0.25, 0.3) is 0 Å². The first-order valence-corrected chi connectivity index (χ1v) is 8.06. The maximum absolute atomic E-state index is 4.65. The van der Waals surface area contributed by atoms with Crippen LogP contribution in [-0.4, -0.2) is 54.6 Å². The molecule has 1 unspecified atom stereocenters. The summed E-state index contributed by atoms with van der Waals surface area (Å²) in [5.41, 5.74) is 1.24. The largest absolute Gasteiger partial charge is 0.373 e. The Kier molecular flexibility index (Phi) is 5.39. The van der Waals surface area contributed by atoms with Crippen molar-refractivity contribution >= 4 is 11.6 Å². The molecule has 1 aromatic heterocycles. The first-order chi connectivity index (χ1) is 10.1.